The number of aromatic nitrogens is 6. The number of hydrogen-bond donors (Lipinski definition) is 0. The Labute approximate surface area is 202 Å². The Kier molecular flexibility index (Phi) is 5.14. The molecule has 6 aromatic rings. The minimum absolute atomic E-state index is 0.165. The molecule has 8 nitrogen and oxygen atoms in total. The first-order valence-corrected chi connectivity index (χ1v) is 11.7. The first kappa shape index (κ1) is 21.2. The quantitative estimate of drug-likeness (QED) is 0.324. The molecule has 0 fully saturated rings. The van der Waals surface area contributed by atoms with Crippen LogP contribution in [0.4, 0.5) is 4.39 Å². The fourth-order valence-electron chi connectivity index (χ4n) is 3.85. The van der Waals surface area contributed by atoms with E-state index >= 15 is 0 Å². The molecule has 6 rings (SSSR count). The van der Waals surface area contributed by atoms with Gasteiger partial charge in [0.05, 0.1) is 22.3 Å². The van der Waals surface area contributed by atoms with Crippen molar-refractivity contribution in [1.82, 2.24) is 29.3 Å². The average molecular weight is 485 g/mol. The van der Waals surface area contributed by atoms with E-state index in [9.17, 15) is 9.18 Å². The highest BCUT2D eigenvalue weighted by Gasteiger charge is 2.19. The third-order valence-electron chi connectivity index (χ3n) is 5.58. The van der Waals surface area contributed by atoms with E-state index in [0.29, 0.717) is 50.6 Å². The molecule has 3 aromatic heterocycles. The summed E-state index contributed by atoms with van der Waals surface area (Å²) in [6.07, 6.45) is 0. The maximum Gasteiger partial charge on any atom is 0.267 e. The second kappa shape index (κ2) is 8.48. The topological polar surface area (TPSA) is 91.1 Å². The average Bonchev–Trinajstić information content (AvgIpc) is 3.52. The SMILES string of the molecule is Cc1ccc(-n2c(=O)c3ccccc3n3c(SCc4nc(-c5ccc(F)cc5)no4)nnc23)cc1. The summed E-state index contributed by atoms with van der Waals surface area (Å²) in [6, 6.07) is 21.0. The van der Waals surface area contributed by atoms with Crippen molar-refractivity contribution in [3.8, 4) is 17.1 Å². The third kappa shape index (κ3) is 3.77. The monoisotopic (exact) mass is 484 g/mol. The van der Waals surface area contributed by atoms with Crippen LogP contribution in [-0.2, 0) is 5.75 Å². The van der Waals surface area contributed by atoms with Crippen molar-refractivity contribution < 1.29 is 8.91 Å². The van der Waals surface area contributed by atoms with Crippen molar-refractivity contribution in [2.45, 2.75) is 17.8 Å². The fraction of sp³-hybridized carbons (Fsp3) is 0.0800. The molecule has 0 radical (unpaired) electrons. The molecule has 10 heteroatoms. The van der Waals surface area contributed by atoms with Crippen molar-refractivity contribution in [3.63, 3.8) is 0 Å². The Bertz CT molecular complexity index is 1740. The molecule has 3 heterocycles. The van der Waals surface area contributed by atoms with E-state index in [1.807, 2.05) is 53.8 Å². The number of aryl methyl sites for hydroxylation is 1. The number of para-hydroxylation sites is 1. The summed E-state index contributed by atoms with van der Waals surface area (Å²) < 4.78 is 22.0. The van der Waals surface area contributed by atoms with Gasteiger partial charge in [0, 0.05) is 5.56 Å². The highest BCUT2D eigenvalue weighted by atomic mass is 32.2. The van der Waals surface area contributed by atoms with Crippen molar-refractivity contribution in [2.24, 2.45) is 0 Å². The molecule has 0 amide bonds. The van der Waals surface area contributed by atoms with Crippen LogP contribution in [0.25, 0.3) is 33.8 Å². The minimum atomic E-state index is -0.331. The second-order valence-corrected chi connectivity index (χ2v) is 8.86. The van der Waals surface area contributed by atoms with Gasteiger partial charge in [-0.05, 0) is 55.5 Å². The molecule has 0 aliphatic heterocycles. The maximum absolute atomic E-state index is 13.4. The van der Waals surface area contributed by atoms with Crippen LogP contribution in [0.2, 0.25) is 0 Å². The van der Waals surface area contributed by atoms with Crippen molar-refractivity contribution in [3.05, 3.63) is 100 Å². The lowest BCUT2D eigenvalue weighted by Crippen LogP contribution is -2.21. The number of hydrogen-bond acceptors (Lipinski definition) is 7. The smallest absolute Gasteiger partial charge is 0.267 e. The molecular weight excluding hydrogens is 467 g/mol. The predicted molar refractivity (Wildman–Crippen MR) is 130 cm³/mol. The molecular formula is C25H17FN6O2S. The van der Waals surface area contributed by atoms with Gasteiger partial charge in [-0.1, -0.05) is 46.7 Å². The van der Waals surface area contributed by atoms with Crippen LogP contribution in [0.1, 0.15) is 11.5 Å². The summed E-state index contributed by atoms with van der Waals surface area (Å²) in [6.45, 7) is 1.99. The Hall–Kier alpha value is -4.31. The first-order chi connectivity index (χ1) is 17.1. The molecule has 0 N–H and O–H groups in total. The molecule has 0 aliphatic rings. The summed E-state index contributed by atoms with van der Waals surface area (Å²) >= 11 is 1.37. The zero-order valence-electron chi connectivity index (χ0n) is 18.4. The second-order valence-electron chi connectivity index (χ2n) is 7.92. The summed E-state index contributed by atoms with van der Waals surface area (Å²) in [5.74, 6) is 1.20. The first-order valence-electron chi connectivity index (χ1n) is 10.8. The molecule has 0 saturated heterocycles. The van der Waals surface area contributed by atoms with Crippen molar-refractivity contribution >= 4 is 28.4 Å². The van der Waals surface area contributed by atoms with Gasteiger partial charge in [0.2, 0.25) is 17.5 Å². The molecule has 3 aromatic carbocycles. The van der Waals surface area contributed by atoms with Crippen LogP contribution in [0.5, 0.6) is 0 Å². The normalized spacial score (nSPS) is 11.5. The van der Waals surface area contributed by atoms with Crippen molar-refractivity contribution in [1.29, 1.82) is 0 Å². The minimum Gasteiger partial charge on any atom is -0.338 e. The van der Waals surface area contributed by atoms with Gasteiger partial charge < -0.3 is 4.52 Å². The Morgan fingerprint density at radius 2 is 1.74 bits per heavy atom. The lowest BCUT2D eigenvalue weighted by molar-refractivity contribution is 0.391. The fourth-order valence-corrected chi connectivity index (χ4v) is 4.63. The van der Waals surface area contributed by atoms with Gasteiger partial charge in [-0.15, -0.1) is 10.2 Å². The molecule has 35 heavy (non-hydrogen) atoms. The lowest BCUT2D eigenvalue weighted by atomic mass is 10.2. The molecule has 0 bridgehead atoms. The highest BCUT2D eigenvalue weighted by Crippen LogP contribution is 2.26. The van der Waals surface area contributed by atoms with E-state index in [1.165, 1.54) is 23.9 Å². The van der Waals surface area contributed by atoms with E-state index in [0.717, 1.165) is 5.56 Å². The van der Waals surface area contributed by atoms with E-state index in [4.69, 9.17) is 4.52 Å². The van der Waals surface area contributed by atoms with E-state index in [-0.39, 0.29) is 11.4 Å². The van der Waals surface area contributed by atoms with Gasteiger partial charge in [-0.2, -0.15) is 4.98 Å². The predicted octanol–water partition coefficient (Wildman–Crippen LogP) is 4.82. The third-order valence-corrected chi connectivity index (χ3v) is 6.50. The van der Waals surface area contributed by atoms with E-state index in [1.54, 1.807) is 22.8 Å². The van der Waals surface area contributed by atoms with E-state index < -0.39 is 0 Å². The van der Waals surface area contributed by atoms with Crippen molar-refractivity contribution in [2.75, 3.05) is 0 Å². The van der Waals surface area contributed by atoms with Gasteiger partial charge in [0.25, 0.3) is 5.56 Å². The lowest BCUT2D eigenvalue weighted by Gasteiger charge is -2.11. The molecule has 0 spiro atoms. The number of halogens is 1. The Morgan fingerprint density at radius 1 is 0.971 bits per heavy atom. The van der Waals surface area contributed by atoms with Crippen LogP contribution in [0.15, 0.2) is 87.3 Å². The van der Waals surface area contributed by atoms with Crippen LogP contribution < -0.4 is 5.56 Å². The van der Waals surface area contributed by atoms with Gasteiger partial charge in [0.15, 0.2) is 5.16 Å². The zero-order valence-corrected chi connectivity index (χ0v) is 19.2. The Morgan fingerprint density at radius 3 is 2.54 bits per heavy atom. The van der Waals surface area contributed by atoms with Crippen LogP contribution >= 0.6 is 11.8 Å². The molecule has 172 valence electrons. The van der Waals surface area contributed by atoms with Crippen LogP contribution in [-0.4, -0.2) is 29.3 Å². The molecule has 0 saturated carbocycles. The van der Waals surface area contributed by atoms with Gasteiger partial charge in [-0.25, -0.2) is 8.96 Å². The van der Waals surface area contributed by atoms with Crippen LogP contribution in [0.3, 0.4) is 0 Å². The highest BCUT2D eigenvalue weighted by molar-refractivity contribution is 7.98. The number of nitrogens with zero attached hydrogens (tertiary/aromatic N) is 6. The maximum atomic E-state index is 13.4. The molecule has 0 atom stereocenters. The van der Waals surface area contributed by atoms with E-state index in [2.05, 4.69) is 20.3 Å². The summed E-state index contributed by atoms with van der Waals surface area (Å²) in [5.41, 5.74) is 3.01. The standard InChI is InChI=1S/C25H17FN6O2S/c1-15-6-12-18(13-7-15)31-23(33)19-4-2-3-5-20(19)32-24(31)28-29-25(32)35-14-21-27-22(30-34-21)16-8-10-17(26)11-9-16/h2-13H,14H2,1H3. The largest absolute Gasteiger partial charge is 0.338 e. The number of thioether (sulfide) groups is 1. The van der Waals surface area contributed by atoms with Crippen LogP contribution in [0, 0.1) is 12.7 Å². The number of fused-ring (bicyclic) bond motifs is 3. The summed E-state index contributed by atoms with van der Waals surface area (Å²) in [7, 11) is 0. The van der Waals surface area contributed by atoms with Gasteiger partial charge in [-0.3, -0.25) is 9.20 Å². The summed E-state index contributed by atoms with van der Waals surface area (Å²) in [4.78, 5) is 17.8. The summed E-state index contributed by atoms with van der Waals surface area (Å²) in [5, 5.41) is 13.8. The van der Waals surface area contributed by atoms with Gasteiger partial charge >= 0.3 is 0 Å². The Balaban J connectivity index is 1.40. The molecule has 0 unspecified atom stereocenters. The van der Waals surface area contributed by atoms with Gasteiger partial charge in [0.1, 0.15) is 5.82 Å². The number of rotatable bonds is 5. The zero-order chi connectivity index (χ0) is 23.9. The number of benzene rings is 3. The molecule has 0 aliphatic carbocycles.